The van der Waals surface area contributed by atoms with Crippen LogP contribution in [0.5, 0.6) is 5.75 Å². The van der Waals surface area contributed by atoms with Crippen molar-refractivity contribution < 1.29 is 24.2 Å². The Morgan fingerprint density at radius 2 is 1.88 bits per heavy atom. The molecule has 0 saturated carbocycles. The summed E-state index contributed by atoms with van der Waals surface area (Å²) in [5, 5.41) is 11.6. The first-order valence-corrected chi connectivity index (χ1v) is 10.8. The number of aliphatic hydroxyl groups is 1. The fourth-order valence-corrected chi connectivity index (χ4v) is 4.29. The van der Waals surface area contributed by atoms with Crippen LogP contribution < -0.4 is 4.74 Å². The SMILES string of the molecule is COc1c(Cl)cc(C)cc1/C(O)=C1\C(=O)C(=O)N(CCOC(C)C)C1c1cccc(C)c1. The molecule has 170 valence electrons. The van der Waals surface area contributed by atoms with Crippen molar-refractivity contribution in [1.82, 2.24) is 4.90 Å². The fraction of sp³-hybridized carbons (Fsp3) is 0.360. The number of ether oxygens (including phenoxy) is 2. The number of amides is 1. The molecule has 0 bridgehead atoms. The highest BCUT2D eigenvalue weighted by molar-refractivity contribution is 6.46. The summed E-state index contributed by atoms with van der Waals surface area (Å²) < 4.78 is 11.0. The van der Waals surface area contributed by atoms with Crippen LogP contribution in [0.4, 0.5) is 0 Å². The van der Waals surface area contributed by atoms with Crippen LogP contribution in [-0.2, 0) is 14.3 Å². The van der Waals surface area contributed by atoms with Crippen LogP contribution in [0.1, 0.15) is 42.1 Å². The zero-order valence-electron chi connectivity index (χ0n) is 18.9. The number of carbonyl (C=O) groups is 2. The standard InChI is InChI=1S/C25H28ClNO5/c1-14(2)32-10-9-27-21(17-8-6-7-15(3)11-17)20(23(29)25(27)30)22(28)18-12-16(4)13-19(26)24(18)31-5/h6-8,11-14,21,28H,9-10H2,1-5H3/b22-20+. The Kier molecular flexibility index (Phi) is 7.26. The Morgan fingerprint density at radius 1 is 1.16 bits per heavy atom. The Hall–Kier alpha value is -2.83. The number of halogens is 1. The number of nitrogens with zero attached hydrogens (tertiary/aromatic N) is 1. The highest BCUT2D eigenvalue weighted by atomic mass is 35.5. The average Bonchev–Trinajstić information content (AvgIpc) is 2.97. The molecule has 2 aromatic rings. The summed E-state index contributed by atoms with van der Waals surface area (Å²) in [6.07, 6.45) is -0.0112. The van der Waals surface area contributed by atoms with Crippen molar-refractivity contribution in [3.05, 3.63) is 69.2 Å². The first-order valence-electron chi connectivity index (χ1n) is 10.5. The third-order valence-electron chi connectivity index (χ3n) is 5.33. The number of ketones is 1. The van der Waals surface area contributed by atoms with Gasteiger partial charge in [-0.05, 0) is 51.0 Å². The van der Waals surface area contributed by atoms with Crippen LogP contribution in [0.2, 0.25) is 5.02 Å². The van der Waals surface area contributed by atoms with E-state index in [-0.39, 0.29) is 41.9 Å². The molecule has 6 nitrogen and oxygen atoms in total. The summed E-state index contributed by atoms with van der Waals surface area (Å²) in [4.78, 5) is 27.6. The van der Waals surface area contributed by atoms with Crippen molar-refractivity contribution in [3.63, 3.8) is 0 Å². The van der Waals surface area contributed by atoms with Gasteiger partial charge in [0.05, 0.1) is 42.0 Å². The van der Waals surface area contributed by atoms with Crippen molar-refractivity contribution in [3.8, 4) is 5.75 Å². The number of benzene rings is 2. The number of aryl methyl sites for hydroxylation is 2. The summed E-state index contributed by atoms with van der Waals surface area (Å²) >= 11 is 6.31. The smallest absolute Gasteiger partial charge is 0.295 e. The maximum absolute atomic E-state index is 13.1. The monoisotopic (exact) mass is 457 g/mol. The summed E-state index contributed by atoms with van der Waals surface area (Å²) in [5.41, 5.74) is 2.76. The molecule has 1 saturated heterocycles. The molecule has 7 heteroatoms. The van der Waals surface area contributed by atoms with E-state index in [0.717, 1.165) is 16.7 Å². The lowest BCUT2D eigenvalue weighted by molar-refractivity contribution is -0.140. The van der Waals surface area contributed by atoms with Crippen molar-refractivity contribution in [1.29, 1.82) is 0 Å². The van der Waals surface area contributed by atoms with Crippen molar-refractivity contribution >= 4 is 29.1 Å². The molecule has 0 aliphatic carbocycles. The third kappa shape index (κ3) is 4.66. The number of hydrogen-bond acceptors (Lipinski definition) is 5. The molecule has 32 heavy (non-hydrogen) atoms. The minimum atomic E-state index is -0.755. The molecule has 1 aliphatic heterocycles. The van der Waals surface area contributed by atoms with Crippen molar-refractivity contribution in [2.45, 2.75) is 39.8 Å². The van der Waals surface area contributed by atoms with E-state index in [9.17, 15) is 14.7 Å². The maximum Gasteiger partial charge on any atom is 0.295 e. The molecular formula is C25H28ClNO5. The molecular weight excluding hydrogens is 430 g/mol. The number of likely N-dealkylation sites (tertiary alicyclic amines) is 1. The van der Waals surface area contributed by atoms with Crippen molar-refractivity contribution in [2.24, 2.45) is 0 Å². The molecule has 0 radical (unpaired) electrons. The molecule has 3 rings (SSSR count). The van der Waals surface area contributed by atoms with Crippen molar-refractivity contribution in [2.75, 3.05) is 20.3 Å². The predicted octanol–water partition coefficient (Wildman–Crippen LogP) is 4.81. The quantitative estimate of drug-likeness (QED) is 0.366. The van der Waals surface area contributed by atoms with Gasteiger partial charge in [-0.2, -0.15) is 0 Å². The zero-order chi connectivity index (χ0) is 23.6. The Labute approximate surface area is 193 Å². The largest absolute Gasteiger partial charge is 0.507 e. The van der Waals surface area contributed by atoms with Crippen LogP contribution in [0, 0.1) is 13.8 Å². The van der Waals surface area contributed by atoms with Gasteiger partial charge in [0, 0.05) is 6.54 Å². The van der Waals surface area contributed by atoms with Gasteiger partial charge in [0.2, 0.25) is 0 Å². The van der Waals surface area contributed by atoms with E-state index >= 15 is 0 Å². The third-order valence-corrected chi connectivity index (χ3v) is 5.61. The van der Waals surface area contributed by atoms with Gasteiger partial charge in [-0.15, -0.1) is 0 Å². The molecule has 1 N–H and O–H groups in total. The first kappa shape index (κ1) is 23.8. The topological polar surface area (TPSA) is 76.1 Å². The van der Waals surface area contributed by atoms with E-state index < -0.39 is 17.7 Å². The van der Waals surface area contributed by atoms with Crippen LogP contribution in [-0.4, -0.2) is 48.1 Å². The molecule has 2 aromatic carbocycles. The maximum atomic E-state index is 13.1. The van der Waals surface area contributed by atoms with E-state index in [1.165, 1.54) is 12.0 Å². The lowest BCUT2D eigenvalue weighted by atomic mass is 9.93. The normalized spacial score (nSPS) is 18.0. The van der Waals surface area contributed by atoms with Gasteiger partial charge in [-0.3, -0.25) is 9.59 Å². The predicted molar refractivity (Wildman–Crippen MR) is 124 cm³/mol. The minimum absolute atomic E-state index is 0.00473. The molecule has 1 amide bonds. The van der Waals surface area contributed by atoms with E-state index in [1.54, 1.807) is 12.1 Å². The van der Waals surface area contributed by atoms with Crippen LogP contribution in [0.15, 0.2) is 42.0 Å². The van der Waals surface area contributed by atoms with Crippen LogP contribution in [0.3, 0.4) is 0 Å². The van der Waals surface area contributed by atoms with Gasteiger partial charge < -0.3 is 19.5 Å². The van der Waals surface area contributed by atoms with Crippen LogP contribution in [0.25, 0.3) is 5.76 Å². The van der Waals surface area contributed by atoms with Crippen LogP contribution >= 0.6 is 11.6 Å². The second-order valence-electron chi connectivity index (χ2n) is 8.15. The van der Waals surface area contributed by atoms with Gasteiger partial charge in [-0.25, -0.2) is 0 Å². The number of carbonyl (C=O) groups excluding carboxylic acids is 2. The van der Waals surface area contributed by atoms with E-state index in [1.807, 2.05) is 52.0 Å². The van der Waals surface area contributed by atoms with E-state index in [2.05, 4.69) is 0 Å². The molecule has 1 unspecified atom stereocenters. The Balaban J connectivity index is 2.20. The lowest BCUT2D eigenvalue weighted by Crippen LogP contribution is -2.33. The summed E-state index contributed by atoms with van der Waals surface area (Å²) in [5.74, 6) is -1.50. The van der Waals surface area contributed by atoms with Gasteiger partial charge >= 0.3 is 0 Å². The van der Waals surface area contributed by atoms with Gasteiger partial charge in [0.1, 0.15) is 11.5 Å². The summed E-state index contributed by atoms with van der Waals surface area (Å²) in [7, 11) is 1.44. The number of aliphatic hydroxyl groups excluding tert-OH is 1. The fourth-order valence-electron chi connectivity index (χ4n) is 3.94. The first-order chi connectivity index (χ1) is 15.1. The summed E-state index contributed by atoms with van der Waals surface area (Å²) in [6.45, 7) is 8.04. The zero-order valence-corrected chi connectivity index (χ0v) is 19.7. The average molecular weight is 458 g/mol. The van der Waals surface area contributed by atoms with E-state index in [4.69, 9.17) is 21.1 Å². The van der Waals surface area contributed by atoms with Gasteiger partial charge in [-0.1, -0.05) is 41.4 Å². The summed E-state index contributed by atoms with van der Waals surface area (Å²) in [6, 6.07) is 10.2. The number of rotatable bonds is 7. The molecule has 0 aromatic heterocycles. The highest BCUT2D eigenvalue weighted by Gasteiger charge is 2.46. The van der Waals surface area contributed by atoms with Gasteiger partial charge in [0.25, 0.3) is 11.7 Å². The Bertz CT molecular complexity index is 1080. The molecule has 1 fully saturated rings. The van der Waals surface area contributed by atoms with E-state index in [0.29, 0.717) is 5.02 Å². The number of methoxy groups -OCH3 is 1. The highest BCUT2D eigenvalue weighted by Crippen LogP contribution is 2.42. The minimum Gasteiger partial charge on any atom is -0.507 e. The number of Topliss-reactive ketones (excluding diaryl/α,β-unsaturated/α-hetero) is 1. The Morgan fingerprint density at radius 3 is 2.50 bits per heavy atom. The lowest BCUT2D eigenvalue weighted by Gasteiger charge is -2.26. The molecule has 1 atom stereocenters. The second kappa shape index (κ2) is 9.76. The molecule has 1 heterocycles. The molecule has 0 spiro atoms. The second-order valence-corrected chi connectivity index (χ2v) is 8.56. The number of hydrogen-bond donors (Lipinski definition) is 1. The van der Waals surface area contributed by atoms with Gasteiger partial charge in [0.15, 0.2) is 0 Å². The molecule has 1 aliphatic rings.